The number of aryl methyl sites for hydroxylation is 4. The van der Waals surface area contributed by atoms with E-state index in [4.69, 9.17) is 9.98 Å². The molecule has 2 aliphatic rings. The maximum absolute atomic E-state index is 5.26. The second kappa shape index (κ2) is 16.4. The smallest absolute Gasteiger partial charge is 0.0897 e. The van der Waals surface area contributed by atoms with Crippen molar-refractivity contribution in [2.75, 3.05) is 0 Å². The van der Waals surface area contributed by atoms with Crippen LogP contribution in [0.5, 0.6) is 0 Å². The summed E-state index contributed by atoms with van der Waals surface area (Å²) in [6, 6.07) is 9.19. The lowest BCUT2D eigenvalue weighted by molar-refractivity contribution is 0.913. The molecule has 4 aromatic heterocycles. The molecule has 0 aliphatic carbocycles. The standard InChI is InChI=1S/C44H56N6/c1-7-13-29-19-39(45-27-29)41-21-31(15-9-3)35(47-41)25-37-33(17-11-5)23-43(49-37)44-24-34(18-12-6)38(50-44)26-36-32(16-10-4)22-42(48-36)40-20-30(14-8-2)28-46-40/h19-28,45-48H,7-18H2,1-6H3/b37-25-,38-26+. The Morgan fingerprint density at radius 3 is 1.26 bits per heavy atom. The van der Waals surface area contributed by atoms with Gasteiger partial charge in [-0.1, -0.05) is 80.1 Å². The van der Waals surface area contributed by atoms with Crippen molar-refractivity contribution in [1.82, 2.24) is 19.9 Å². The fourth-order valence-corrected chi connectivity index (χ4v) is 7.25. The fourth-order valence-electron chi connectivity index (χ4n) is 7.25. The molecule has 0 radical (unpaired) electrons. The first-order valence-corrected chi connectivity index (χ1v) is 19.3. The van der Waals surface area contributed by atoms with E-state index in [1.807, 2.05) is 0 Å². The normalized spacial score (nSPS) is 16.1. The number of aromatic amines is 4. The van der Waals surface area contributed by atoms with Gasteiger partial charge in [0.25, 0.3) is 0 Å². The van der Waals surface area contributed by atoms with Gasteiger partial charge < -0.3 is 19.9 Å². The summed E-state index contributed by atoms with van der Waals surface area (Å²) >= 11 is 0. The molecule has 6 rings (SSSR count). The van der Waals surface area contributed by atoms with Gasteiger partial charge in [-0.15, -0.1) is 0 Å². The van der Waals surface area contributed by atoms with Gasteiger partial charge in [0.1, 0.15) is 0 Å². The second-order valence-electron chi connectivity index (χ2n) is 14.0. The molecule has 0 saturated heterocycles. The summed E-state index contributed by atoms with van der Waals surface area (Å²) in [6.07, 6.45) is 26.2. The first-order valence-electron chi connectivity index (χ1n) is 19.3. The summed E-state index contributed by atoms with van der Waals surface area (Å²) in [5.74, 6) is 0. The minimum absolute atomic E-state index is 0.963. The third-order valence-electron chi connectivity index (χ3n) is 9.67. The molecular weight excluding hydrogens is 613 g/mol. The molecule has 0 atom stereocenters. The number of nitrogens with one attached hydrogen (secondary N) is 4. The van der Waals surface area contributed by atoms with E-state index in [0.717, 1.165) is 134 Å². The summed E-state index contributed by atoms with van der Waals surface area (Å²) in [6.45, 7) is 13.4. The van der Waals surface area contributed by atoms with Gasteiger partial charge in [-0.2, -0.15) is 0 Å². The molecule has 0 bridgehead atoms. The maximum Gasteiger partial charge on any atom is 0.0897 e. The van der Waals surface area contributed by atoms with Gasteiger partial charge >= 0.3 is 0 Å². The van der Waals surface area contributed by atoms with Crippen LogP contribution in [0.1, 0.15) is 127 Å². The molecule has 4 N–H and O–H groups in total. The third kappa shape index (κ3) is 7.90. The zero-order valence-electron chi connectivity index (χ0n) is 31.2. The van der Waals surface area contributed by atoms with E-state index >= 15 is 0 Å². The van der Waals surface area contributed by atoms with E-state index in [1.165, 1.54) is 33.4 Å². The zero-order valence-corrected chi connectivity index (χ0v) is 31.2. The van der Waals surface area contributed by atoms with Crippen molar-refractivity contribution >= 4 is 23.6 Å². The number of hydrogen-bond acceptors (Lipinski definition) is 2. The highest BCUT2D eigenvalue weighted by molar-refractivity contribution is 6.52. The fraction of sp³-hybridized carbons (Fsp3) is 0.409. The summed E-state index contributed by atoms with van der Waals surface area (Å²) in [5.41, 5.74) is 18.8. The molecule has 0 spiro atoms. The molecule has 2 aliphatic heterocycles. The highest BCUT2D eigenvalue weighted by Crippen LogP contribution is 2.34. The van der Waals surface area contributed by atoms with E-state index in [2.05, 4.69) is 122 Å². The van der Waals surface area contributed by atoms with Crippen LogP contribution in [0.15, 0.2) is 81.3 Å². The average molecular weight is 669 g/mol. The van der Waals surface area contributed by atoms with Crippen molar-refractivity contribution in [2.24, 2.45) is 9.98 Å². The van der Waals surface area contributed by atoms with Crippen molar-refractivity contribution < 1.29 is 0 Å². The van der Waals surface area contributed by atoms with Crippen molar-refractivity contribution in [1.29, 1.82) is 0 Å². The lowest BCUT2D eigenvalue weighted by atomic mass is 10.0. The third-order valence-corrected chi connectivity index (χ3v) is 9.67. The lowest BCUT2D eigenvalue weighted by Crippen LogP contribution is -2.04. The van der Waals surface area contributed by atoms with Crippen LogP contribution in [0, 0.1) is 0 Å². The Kier molecular flexibility index (Phi) is 11.6. The molecule has 0 unspecified atom stereocenters. The predicted octanol–water partition coefficient (Wildman–Crippen LogP) is 11.9. The summed E-state index contributed by atoms with van der Waals surface area (Å²) in [4.78, 5) is 25.0. The van der Waals surface area contributed by atoms with E-state index in [1.54, 1.807) is 0 Å². The Labute approximate surface area is 299 Å². The molecule has 0 saturated carbocycles. The number of aliphatic imine (C=N–C) groups is 2. The van der Waals surface area contributed by atoms with Gasteiger partial charge in [-0.25, -0.2) is 9.98 Å². The minimum atomic E-state index is 0.963. The molecule has 0 aromatic carbocycles. The van der Waals surface area contributed by atoms with Crippen LogP contribution < -0.4 is 0 Å². The molecule has 4 aromatic rings. The van der Waals surface area contributed by atoms with Gasteiger partial charge in [0.05, 0.1) is 45.6 Å². The molecular formula is C44H56N6. The molecule has 50 heavy (non-hydrogen) atoms. The van der Waals surface area contributed by atoms with Gasteiger partial charge in [-0.3, -0.25) is 0 Å². The van der Waals surface area contributed by atoms with Crippen LogP contribution >= 0.6 is 0 Å². The van der Waals surface area contributed by atoms with Crippen LogP contribution in [-0.4, -0.2) is 31.4 Å². The molecule has 0 fully saturated rings. The SMILES string of the molecule is CCCC1=CC(C2=N/C(=C/c3[nH]c(-c4cc(CCC)c[nH]4)cc3CCC)C(CCC)=C2)=N/C1=C\c1[nH]c(-c2cc(CCC)c[nH]2)cc1CCC. The molecule has 6 heterocycles. The largest absolute Gasteiger partial charge is 0.360 e. The maximum atomic E-state index is 5.26. The lowest BCUT2D eigenvalue weighted by Gasteiger charge is -2.03. The van der Waals surface area contributed by atoms with Gasteiger partial charge in [-0.05, 0) is 120 Å². The first-order chi connectivity index (χ1) is 24.5. The highest BCUT2D eigenvalue weighted by Gasteiger charge is 2.23. The minimum Gasteiger partial charge on any atom is -0.360 e. The van der Waals surface area contributed by atoms with Crippen LogP contribution in [0.3, 0.4) is 0 Å². The van der Waals surface area contributed by atoms with Crippen LogP contribution in [0.2, 0.25) is 0 Å². The Bertz CT molecular complexity index is 1830. The van der Waals surface area contributed by atoms with Crippen molar-refractivity contribution in [3.05, 3.63) is 105 Å². The van der Waals surface area contributed by atoms with Crippen LogP contribution in [0.25, 0.3) is 34.9 Å². The Morgan fingerprint density at radius 2 is 0.880 bits per heavy atom. The van der Waals surface area contributed by atoms with Gasteiger partial charge in [0, 0.05) is 23.8 Å². The topological polar surface area (TPSA) is 87.9 Å². The van der Waals surface area contributed by atoms with E-state index < -0.39 is 0 Å². The molecule has 6 nitrogen and oxygen atoms in total. The van der Waals surface area contributed by atoms with E-state index in [0.29, 0.717) is 0 Å². The number of rotatable bonds is 17. The number of nitrogens with zero attached hydrogens (tertiary/aromatic N) is 2. The predicted molar refractivity (Wildman–Crippen MR) is 214 cm³/mol. The van der Waals surface area contributed by atoms with E-state index in [-0.39, 0.29) is 0 Å². The second-order valence-corrected chi connectivity index (χ2v) is 14.0. The molecule has 262 valence electrons. The summed E-state index contributed by atoms with van der Waals surface area (Å²) in [7, 11) is 0. The Hall–Kier alpha value is -4.58. The first kappa shape index (κ1) is 35.3. The average Bonchev–Trinajstić information content (AvgIpc) is 3.95. The quantitative estimate of drug-likeness (QED) is 0.0863. The van der Waals surface area contributed by atoms with E-state index in [9.17, 15) is 0 Å². The van der Waals surface area contributed by atoms with Crippen LogP contribution in [-0.2, 0) is 25.7 Å². The summed E-state index contributed by atoms with van der Waals surface area (Å²) < 4.78 is 0. The molecule has 0 amide bonds. The van der Waals surface area contributed by atoms with Crippen LogP contribution in [0.4, 0.5) is 0 Å². The van der Waals surface area contributed by atoms with Gasteiger partial charge in [0.15, 0.2) is 0 Å². The number of H-pyrrole nitrogens is 4. The Balaban J connectivity index is 1.34. The highest BCUT2D eigenvalue weighted by atomic mass is 14.9. The summed E-state index contributed by atoms with van der Waals surface area (Å²) in [5, 5.41) is 0. The van der Waals surface area contributed by atoms with Crippen molar-refractivity contribution in [3.63, 3.8) is 0 Å². The number of aromatic nitrogens is 4. The Morgan fingerprint density at radius 1 is 0.480 bits per heavy atom. The number of hydrogen-bond donors (Lipinski definition) is 4. The van der Waals surface area contributed by atoms with Crippen molar-refractivity contribution in [2.45, 2.75) is 119 Å². The zero-order chi connectivity index (χ0) is 35.0. The van der Waals surface area contributed by atoms with Gasteiger partial charge in [0.2, 0.25) is 0 Å². The monoisotopic (exact) mass is 668 g/mol. The number of allylic oxidation sites excluding steroid dienone is 4. The molecule has 6 heteroatoms. The van der Waals surface area contributed by atoms with Crippen molar-refractivity contribution in [3.8, 4) is 22.8 Å².